The number of piperazine rings is 1. The van der Waals surface area contributed by atoms with Crippen molar-refractivity contribution >= 4 is 86.4 Å². The molecule has 2 saturated heterocycles. The fourth-order valence-electron chi connectivity index (χ4n) is 6.50. The lowest BCUT2D eigenvalue weighted by molar-refractivity contribution is -0.138. The standard InChI is InChI=1S/C25H25B6F3N6O/c1-11-7-38(22-35-5-13(6-36-22)25(32,33)34)8-12(2)40(11)23(41)37-14-3-24(4-14)9-39(10-24)21(31)15-16(26)18(28)20(30)19(29)17(15)27/h5-6,11-12,14,21H,3-4,7-10H2,1-2H3,(H,37,41)/t11-,12+,21?. The van der Waals surface area contributed by atoms with Gasteiger partial charge in [-0.25, -0.2) is 14.8 Å². The lowest BCUT2D eigenvalue weighted by atomic mass is 9.56. The number of rotatable bonds is 4. The number of likely N-dealkylation sites (tertiary alicyclic amines) is 1. The molecule has 3 aliphatic rings. The Morgan fingerprint density at radius 3 is 1.93 bits per heavy atom. The Bertz CT molecular complexity index is 1290. The second-order valence-corrected chi connectivity index (χ2v) is 11.7. The van der Waals surface area contributed by atoms with Gasteiger partial charge in [0.1, 0.15) is 39.2 Å². The van der Waals surface area contributed by atoms with Crippen LogP contribution < -0.4 is 37.5 Å². The molecule has 1 aromatic carbocycles. The van der Waals surface area contributed by atoms with E-state index in [0.717, 1.165) is 25.2 Å². The van der Waals surface area contributed by atoms with Gasteiger partial charge in [-0.05, 0) is 38.0 Å². The Hall–Kier alpha value is -2.49. The van der Waals surface area contributed by atoms with Crippen LogP contribution in [0.1, 0.15) is 43.8 Å². The SMILES string of the molecule is [B]c1c([B])c([B])c(C([B])N2CC3(CC(NC(=O)N4[C@H](C)CN(c5ncc(C(F)(F)F)cn5)C[C@@H]4C)C3)C2)c([B])c1[B]. The Morgan fingerprint density at radius 2 is 1.44 bits per heavy atom. The first-order chi connectivity index (χ1) is 19.1. The van der Waals surface area contributed by atoms with E-state index in [2.05, 4.69) is 15.3 Å². The average molecular weight is 547 g/mol. The van der Waals surface area contributed by atoms with Gasteiger partial charge in [0, 0.05) is 56.7 Å². The van der Waals surface area contributed by atoms with E-state index in [9.17, 15) is 18.0 Å². The summed E-state index contributed by atoms with van der Waals surface area (Å²) >= 11 is 0. The fraction of sp³-hybridized carbons (Fsp3) is 0.560. The molecular weight excluding hydrogens is 522 g/mol. The minimum atomic E-state index is -4.50. The molecule has 0 bridgehead atoms. The van der Waals surface area contributed by atoms with Crippen LogP contribution in [0.25, 0.3) is 0 Å². The molecule has 2 aromatic rings. The molecule has 7 nitrogen and oxygen atoms in total. The number of halogens is 3. The maximum absolute atomic E-state index is 13.2. The summed E-state index contributed by atoms with van der Waals surface area (Å²) in [6.07, 6.45) is -1.33. The van der Waals surface area contributed by atoms with E-state index in [4.69, 9.17) is 47.1 Å². The smallest absolute Gasteiger partial charge is 0.337 e. The van der Waals surface area contributed by atoms with Crippen LogP contribution in [0.4, 0.5) is 23.9 Å². The third-order valence-electron chi connectivity index (χ3n) is 8.60. The summed E-state index contributed by atoms with van der Waals surface area (Å²) in [5.41, 5.74) is 0.552. The van der Waals surface area contributed by atoms with Gasteiger partial charge >= 0.3 is 12.2 Å². The number of hydrogen-bond acceptors (Lipinski definition) is 5. The summed E-state index contributed by atoms with van der Waals surface area (Å²) < 4.78 is 38.6. The number of carbonyl (C=O) groups excluding carboxylic acids is 1. The van der Waals surface area contributed by atoms with Crippen molar-refractivity contribution in [3.63, 3.8) is 0 Å². The van der Waals surface area contributed by atoms with Crippen molar-refractivity contribution in [2.24, 2.45) is 5.41 Å². The quantitative estimate of drug-likeness (QED) is 0.426. The first kappa shape index (κ1) is 30.0. The fourth-order valence-corrected chi connectivity index (χ4v) is 6.50. The Labute approximate surface area is 246 Å². The van der Waals surface area contributed by atoms with Gasteiger partial charge in [-0.2, -0.15) is 13.2 Å². The van der Waals surface area contributed by atoms with E-state index in [1.165, 1.54) is 0 Å². The minimum absolute atomic E-state index is 0.0227. The van der Waals surface area contributed by atoms with Crippen molar-refractivity contribution in [2.75, 3.05) is 31.1 Å². The molecule has 2 amide bonds. The maximum atomic E-state index is 13.2. The van der Waals surface area contributed by atoms with Gasteiger partial charge in [0.25, 0.3) is 0 Å². The third-order valence-corrected chi connectivity index (χ3v) is 8.60. The number of carbonyl (C=O) groups is 1. The lowest BCUT2D eigenvalue weighted by Gasteiger charge is -2.61. The van der Waals surface area contributed by atoms with Crippen molar-refractivity contribution in [2.45, 2.75) is 56.9 Å². The third kappa shape index (κ3) is 5.41. The van der Waals surface area contributed by atoms with Crippen molar-refractivity contribution in [3.8, 4) is 0 Å². The number of anilines is 1. The average Bonchev–Trinajstić information content (AvgIpc) is 2.86. The normalized spacial score (nSPS) is 23.6. The highest BCUT2D eigenvalue weighted by Crippen LogP contribution is 2.50. The Balaban J connectivity index is 1.13. The molecule has 12 radical (unpaired) electrons. The molecule has 5 rings (SSSR count). The topological polar surface area (TPSA) is 64.6 Å². The number of aromatic nitrogens is 2. The molecule has 1 aromatic heterocycles. The molecule has 1 spiro atoms. The predicted octanol–water partition coefficient (Wildman–Crippen LogP) is -2.60. The van der Waals surface area contributed by atoms with Gasteiger partial charge in [0.15, 0.2) is 0 Å². The molecule has 2 aliphatic heterocycles. The van der Waals surface area contributed by atoms with E-state index in [1.807, 2.05) is 18.7 Å². The molecule has 3 heterocycles. The first-order valence-electron chi connectivity index (χ1n) is 13.4. The Kier molecular flexibility index (Phi) is 7.79. The Morgan fingerprint density at radius 1 is 0.951 bits per heavy atom. The van der Waals surface area contributed by atoms with Gasteiger partial charge < -0.3 is 20.0 Å². The zero-order valence-electron chi connectivity index (χ0n) is 22.9. The molecule has 16 heteroatoms. The first-order valence-corrected chi connectivity index (χ1v) is 13.4. The van der Waals surface area contributed by atoms with E-state index in [0.29, 0.717) is 31.7 Å². The molecule has 1 saturated carbocycles. The number of nitrogens with one attached hydrogen (secondary N) is 1. The minimum Gasteiger partial charge on any atom is -0.337 e. The van der Waals surface area contributed by atoms with E-state index < -0.39 is 17.7 Å². The molecule has 1 aliphatic carbocycles. The van der Waals surface area contributed by atoms with Crippen molar-refractivity contribution < 1.29 is 18.0 Å². The predicted molar refractivity (Wildman–Crippen MR) is 157 cm³/mol. The van der Waals surface area contributed by atoms with Crippen LogP contribution in [-0.2, 0) is 6.18 Å². The highest BCUT2D eigenvalue weighted by Gasteiger charge is 2.54. The highest BCUT2D eigenvalue weighted by molar-refractivity contribution is 6.67. The monoisotopic (exact) mass is 548 g/mol. The molecule has 1 unspecified atom stereocenters. The summed E-state index contributed by atoms with van der Waals surface area (Å²) in [5, 5.41) is 3.14. The van der Waals surface area contributed by atoms with Crippen LogP contribution in [0, 0.1) is 5.41 Å². The van der Waals surface area contributed by atoms with Crippen LogP contribution in [-0.4, -0.2) is 117 Å². The highest BCUT2D eigenvalue weighted by atomic mass is 19.4. The van der Waals surface area contributed by atoms with Crippen molar-refractivity contribution in [1.82, 2.24) is 25.1 Å². The van der Waals surface area contributed by atoms with E-state index in [-0.39, 0.29) is 62.8 Å². The van der Waals surface area contributed by atoms with Gasteiger partial charge in [-0.15, -0.1) is 27.3 Å². The summed E-state index contributed by atoms with van der Waals surface area (Å²) in [4.78, 5) is 26.6. The van der Waals surface area contributed by atoms with Gasteiger partial charge in [0.05, 0.1) is 13.4 Å². The summed E-state index contributed by atoms with van der Waals surface area (Å²) in [6.45, 7) is 6.01. The summed E-state index contributed by atoms with van der Waals surface area (Å²) in [5.74, 6) is -0.385. The van der Waals surface area contributed by atoms with E-state index in [1.54, 1.807) is 9.80 Å². The lowest BCUT2D eigenvalue weighted by Crippen LogP contribution is -2.69. The van der Waals surface area contributed by atoms with Crippen LogP contribution >= 0.6 is 0 Å². The van der Waals surface area contributed by atoms with Crippen molar-refractivity contribution in [3.05, 3.63) is 23.5 Å². The second kappa shape index (κ2) is 10.7. The number of amides is 2. The number of benzene rings is 1. The number of hydrogen-bond donors (Lipinski definition) is 1. The van der Waals surface area contributed by atoms with Crippen LogP contribution in [0.5, 0.6) is 0 Å². The van der Waals surface area contributed by atoms with Crippen LogP contribution in [0.3, 0.4) is 0 Å². The van der Waals surface area contributed by atoms with Crippen molar-refractivity contribution in [1.29, 1.82) is 0 Å². The van der Waals surface area contributed by atoms with Gasteiger partial charge in [-0.3, -0.25) is 0 Å². The van der Waals surface area contributed by atoms with Crippen LogP contribution in [0.2, 0.25) is 0 Å². The molecule has 3 atom stereocenters. The van der Waals surface area contributed by atoms with Gasteiger partial charge in [0.2, 0.25) is 5.95 Å². The molecule has 3 fully saturated rings. The van der Waals surface area contributed by atoms with Crippen LogP contribution in [0.15, 0.2) is 12.4 Å². The molecular formula is C25H25B6F3N6O. The largest absolute Gasteiger partial charge is 0.419 e. The summed E-state index contributed by atoms with van der Waals surface area (Å²) in [7, 11) is 36.7. The van der Waals surface area contributed by atoms with Gasteiger partial charge in [-0.1, -0.05) is 5.56 Å². The number of urea groups is 1. The zero-order valence-corrected chi connectivity index (χ0v) is 22.9. The molecule has 200 valence electrons. The number of alkyl halides is 3. The van der Waals surface area contributed by atoms with E-state index >= 15 is 0 Å². The zero-order chi connectivity index (χ0) is 30.0. The maximum Gasteiger partial charge on any atom is 0.419 e. The molecule has 1 N–H and O–H groups in total. The number of nitrogens with zero attached hydrogens (tertiary/aromatic N) is 5. The molecule has 41 heavy (non-hydrogen) atoms. The summed E-state index contributed by atoms with van der Waals surface area (Å²) in [6, 6.07) is -0.549. The second-order valence-electron chi connectivity index (χ2n) is 11.7.